The lowest BCUT2D eigenvalue weighted by atomic mass is 9.83. The van der Waals surface area contributed by atoms with Crippen LogP contribution in [0.1, 0.15) is 50.1 Å². The van der Waals surface area contributed by atoms with E-state index in [-0.39, 0.29) is 23.9 Å². The van der Waals surface area contributed by atoms with Crippen molar-refractivity contribution in [3.63, 3.8) is 0 Å². The van der Waals surface area contributed by atoms with Crippen LogP contribution in [-0.2, 0) is 4.79 Å². The summed E-state index contributed by atoms with van der Waals surface area (Å²) in [5.74, 6) is 3.02. The maximum Gasteiger partial charge on any atom is 0.243 e. The fourth-order valence-corrected chi connectivity index (χ4v) is 5.02. The van der Waals surface area contributed by atoms with Gasteiger partial charge in [-0.1, -0.05) is 37.5 Å². The van der Waals surface area contributed by atoms with E-state index in [2.05, 4.69) is 25.9 Å². The Morgan fingerprint density at radius 1 is 1.06 bits per heavy atom. The molecule has 3 heterocycles. The summed E-state index contributed by atoms with van der Waals surface area (Å²) in [4.78, 5) is 22.9. The van der Waals surface area contributed by atoms with Crippen molar-refractivity contribution in [2.24, 2.45) is 5.92 Å². The summed E-state index contributed by atoms with van der Waals surface area (Å²) < 4.78 is 7.72. The normalized spacial score (nSPS) is 18.9. The van der Waals surface area contributed by atoms with E-state index >= 15 is 0 Å². The first-order chi connectivity index (χ1) is 16.7. The summed E-state index contributed by atoms with van der Waals surface area (Å²) in [6.45, 7) is 0.598. The van der Waals surface area contributed by atoms with Crippen molar-refractivity contribution < 1.29 is 9.53 Å². The van der Waals surface area contributed by atoms with Gasteiger partial charge in [0.2, 0.25) is 11.9 Å². The van der Waals surface area contributed by atoms with Crippen LogP contribution in [0.15, 0.2) is 54.9 Å². The molecule has 8 heteroatoms. The van der Waals surface area contributed by atoms with Gasteiger partial charge in [0.25, 0.3) is 0 Å². The molecule has 1 amide bonds. The van der Waals surface area contributed by atoms with Crippen LogP contribution in [-0.4, -0.2) is 40.1 Å². The number of hydrogen-bond donors (Lipinski definition) is 3. The van der Waals surface area contributed by atoms with Gasteiger partial charge in [0, 0.05) is 37.5 Å². The van der Waals surface area contributed by atoms with Crippen LogP contribution >= 0.6 is 0 Å². The number of carbonyl (C=O) groups is 1. The number of rotatable bonds is 7. The number of ether oxygens (including phenoxy) is 1. The van der Waals surface area contributed by atoms with Crippen LogP contribution in [0.5, 0.6) is 5.75 Å². The minimum absolute atomic E-state index is 0.0146. The molecular formula is C26H32N6O2. The predicted molar refractivity (Wildman–Crippen MR) is 132 cm³/mol. The van der Waals surface area contributed by atoms with E-state index in [1.807, 2.05) is 59.4 Å². The third-order valence-electron chi connectivity index (χ3n) is 6.79. The molecule has 0 radical (unpaired) electrons. The summed E-state index contributed by atoms with van der Waals surface area (Å²) in [7, 11) is 1.80. The summed E-state index contributed by atoms with van der Waals surface area (Å²) in [6, 6.07) is 13.3. The number of aromatic nitrogens is 3. The van der Waals surface area contributed by atoms with Crippen molar-refractivity contribution in [1.29, 1.82) is 0 Å². The zero-order valence-corrected chi connectivity index (χ0v) is 19.5. The van der Waals surface area contributed by atoms with E-state index in [1.54, 1.807) is 7.05 Å². The second-order valence-electron chi connectivity index (χ2n) is 9.03. The molecule has 1 aliphatic carbocycles. The van der Waals surface area contributed by atoms with Crippen LogP contribution in [0.25, 0.3) is 5.82 Å². The highest BCUT2D eigenvalue weighted by Gasteiger charge is 2.33. The van der Waals surface area contributed by atoms with E-state index in [9.17, 15) is 4.79 Å². The van der Waals surface area contributed by atoms with E-state index in [4.69, 9.17) is 4.74 Å². The average molecular weight is 461 g/mol. The zero-order chi connectivity index (χ0) is 23.3. The molecule has 8 nitrogen and oxygen atoms in total. The topological polar surface area (TPSA) is 93.1 Å². The van der Waals surface area contributed by atoms with Gasteiger partial charge in [-0.3, -0.25) is 4.79 Å². The highest BCUT2D eigenvalue weighted by molar-refractivity contribution is 5.85. The molecule has 34 heavy (non-hydrogen) atoms. The molecule has 0 spiro atoms. The summed E-state index contributed by atoms with van der Waals surface area (Å²) in [5, 5.41) is 9.85. The maximum atomic E-state index is 13.7. The molecule has 1 aromatic carbocycles. The fourth-order valence-electron chi connectivity index (χ4n) is 5.02. The minimum Gasteiger partial charge on any atom is -0.493 e. The zero-order valence-electron chi connectivity index (χ0n) is 19.5. The highest BCUT2D eigenvalue weighted by atomic mass is 16.5. The van der Waals surface area contributed by atoms with Crippen LogP contribution in [0, 0.1) is 5.92 Å². The quantitative estimate of drug-likeness (QED) is 0.487. The van der Waals surface area contributed by atoms with Gasteiger partial charge in [-0.15, -0.1) is 0 Å². The van der Waals surface area contributed by atoms with Crippen LogP contribution in [0.2, 0.25) is 0 Å². The first-order valence-electron chi connectivity index (χ1n) is 12.2. The minimum atomic E-state index is -0.368. The van der Waals surface area contributed by atoms with Gasteiger partial charge in [0.1, 0.15) is 23.4 Å². The lowest BCUT2D eigenvalue weighted by molar-refractivity contribution is -0.124. The molecule has 178 valence electrons. The standard InChI is InChI=1S/C26H32N6O2/c1-27-26-30-22(17-23(31-26)32-14-7-8-15-32)29-24(18-9-3-2-4-10-18)25(33)28-20-13-16-34-21-12-6-5-11-19(20)21/h5-8,11-12,14-15,17-18,20,24H,2-4,9-10,13,16H2,1H3,(H,28,33)(H2,27,29,30,31)/t20?,24-/m1/s1. The molecule has 2 aliphatic rings. The number of fused-ring (bicyclic) bond motifs is 1. The molecule has 1 saturated carbocycles. The molecule has 5 rings (SSSR count). The molecule has 3 N–H and O–H groups in total. The summed E-state index contributed by atoms with van der Waals surface area (Å²) in [6.07, 6.45) is 10.2. The number of nitrogens with zero attached hydrogens (tertiary/aromatic N) is 3. The number of hydrogen-bond acceptors (Lipinski definition) is 6. The number of carbonyl (C=O) groups excluding carboxylic acids is 1. The molecule has 3 aromatic rings. The molecular weight excluding hydrogens is 428 g/mol. The molecule has 0 saturated heterocycles. The van der Waals surface area contributed by atoms with Gasteiger partial charge >= 0.3 is 0 Å². The fraction of sp³-hybridized carbons (Fsp3) is 0.423. The van der Waals surface area contributed by atoms with Crippen molar-refractivity contribution in [1.82, 2.24) is 19.9 Å². The lowest BCUT2D eigenvalue weighted by Gasteiger charge is -2.33. The smallest absolute Gasteiger partial charge is 0.243 e. The Morgan fingerprint density at radius 3 is 2.65 bits per heavy atom. The van der Waals surface area contributed by atoms with Crippen molar-refractivity contribution >= 4 is 17.7 Å². The van der Waals surface area contributed by atoms with Gasteiger partial charge in [-0.05, 0) is 37.0 Å². The second kappa shape index (κ2) is 10.2. The van der Waals surface area contributed by atoms with E-state index in [0.29, 0.717) is 18.4 Å². The van der Waals surface area contributed by atoms with Gasteiger partial charge in [-0.2, -0.15) is 9.97 Å². The number of amides is 1. The largest absolute Gasteiger partial charge is 0.493 e. The summed E-state index contributed by atoms with van der Waals surface area (Å²) in [5.41, 5.74) is 1.04. The Balaban J connectivity index is 1.41. The van der Waals surface area contributed by atoms with Crippen molar-refractivity contribution in [2.75, 3.05) is 24.3 Å². The predicted octanol–water partition coefficient (Wildman–Crippen LogP) is 4.31. The third-order valence-corrected chi connectivity index (χ3v) is 6.79. The highest BCUT2D eigenvalue weighted by Crippen LogP contribution is 2.33. The second-order valence-corrected chi connectivity index (χ2v) is 9.03. The Hall–Kier alpha value is -3.55. The molecule has 1 unspecified atom stereocenters. The molecule has 1 fully saturated rings. The van der Waals surface area contributed by atoms with E-state index < -0.39 is 0 Å². The monoisotopic (exact) mass is 460 g/mol. The average Bonchev–Trinajstić information content (AvgIpc) is 3.43. The molecule has 2 aromatic heterocycles. The maximum absolute atomic E-state index is 13.7. The number of nitrogens with one attached hydrogen (secondary N) is 3. The number of para-hydroxylation sites is 1. The number of benzene rings is 1. The van der Waals surface area contributed by atoms with Crippen LogP contribution in [0.3, 0.4) is 0 Å². The Labute approximate surface area is 200 Å². The van der Waals surface area contributed by atoms with E-state index in [0.717, 1.165) is 49.2 Å². The van der Waals surface area contributed by atoms with Gasteiger partial charge in [-0.25, -0.2) is 0 Å². The van der Waals surface area contributed by atoms with Crippen LogP contribution in [0.4, 0.5) is 11.8 Å². The van der Waals surface area contributed by atoms with Crippen LogP contribution < -0.4 is 20.7 Å². The number of anilines is 2. The molecule has 1 aliphatic heterocycles. The SMILES string of the molecule is CNc1nc(N[C@@H](C(=O)NC2CCOc3ccccc32)C2CCCCC2)cc(-n2cccc2)n1. The molecule has 0 bridgehead atoms. The van der Waals surface area contributed by atoms with E-state index in [1.165, 1.54) is 6.42 Å². The van der Waals surface area contributed by atoms with Gasteiger partial charge in [0.15, 0.2) is 0 Å². The van der Waals surface area contributed by atoms with Crippen molar-refractivity contribution in [3.8, 4) is 11.6 Å². The third kappa shape index (κ3) is 4.85. The lowest BCUT2D eigenvalue weighted by Crippen LogP contribution is -2.47. The Kier molecular flexibility index (Phi) is 6.65. The Bertz CT molecular complexity index is 1110. The van der Waals surface area contributed by atoms with Crippen molar-refractivity contribution in [2.45, 2.75) is 50.6 Å². The first kappa shape index (κ1) is 22.3. The Morgan fingerprint density at radius 2 is 1.85 bits per heavy atom. The van der Waals surface area contributed by atoms with Gasteiger partial charge < -0.3 is 25.3 Å². The van der Waals surface area contributed by atoms with Crippen molar-refractivity contribution in [3.05, 3.63) is 60.4 Å². The molecule has 2 atom stereocenters. The van der Waals surface area contributed by atoms with Gasteiger partial charge in [0.05, 0.1) is 12.6 Å². The summed E-state index contributed by atoms with van der Waals surface area (Å²) >= 11 is 0. The first-order valence-corrected chi connectivity index (χ1v) is 12.2.